The Morgan fingerprint density at radius 1 is 1.14 bits per heavy atom. The van der Waals surface area contributed by atoms with Gasteiger partial charge in [-0.05, 0) is 55.8 Å². The van der Waals surface area contributed by atoms with Gasteiger partial charge in [-0.25, -0.2) is 0 Å². The van der Waals surface area contributed by atoms with Gasteiger partial charge in [0.25, 0.3) is 0 Å². The van der Waals surface area contributed by atoms with E-state index in [9.17, 15) is 5.11 Å². The lowest BCUT2D eigenvalue weighted by Gasteiger charge is -2.25. The Balaban J connectivity index is 1.49. The molecule has 0 unspecified atom stereocenters. The second-order valence-electron chi connectivity index (χ2n) is 7.77. The average molecular weight is 410 g/mol. The first-order valence-electron chi connectivity index (χ1n) is 9.94. The molecule has 0 saturated carbocycles. The number of para-hydroxylation sites is 1. The molecule has 1 N–H and O–H groups in total. The van der Waals surface area contributed by atoms with Gasteiger partial charge >= 0.3 is 0 Å². The molecule has 0 fully saturated rings. The molecule has 1 aliphatic heterocycles. The van der Waals surface area contributed by atoms with Crippen LogP contribution in [0.2, 0.25) is 0 Å². The van der Waals surface area contributed by atoms with Crippen molar-refractivity contribution in [3.8, 4) is 11.5 Å². The molecular weight excluding hydrogens is 382 g/mol. The maximum atomic E-state index is 11.0. The Morgan fingerprint density at radius 3 is 2.72 bits per heavy atom. The first-order chi connectivity index (χ1) is 14.0. The van der Waals surface area contributed by atoms with Crippen molar-refractivity contribution in [2.75, 3.05) is 19.8 Å². The van der Waals surface area contributed by atoms with E-state index in [4.69, 9.17) is 9.47 Å². The van der Waals surface area contributed by atoms with Gasteiger partial charge < -0.3 is 14.6 Å². The topological polar surface area (TPSA) is 41.9 Å². The van der Waals surface area contributed by atoms with Crippen molar-refractivity contribution < 1.29 is 14.6 Å². The number of nitrogens with zero attached hydrogens (tertiary/aromatic N) is 1. The minimum absolute atomic E-state index is 0.189. The molecular formula is C24H27NO3S. The van der Waals surface area contributed by atoms with Crippen LogP contribution in [0.1, 0.15) is 27.8 Å². The fourth-order valence-electron chi connectivity index (χ4n) is 3.53. The lowest BCUT2D eigenvalue weighted by Crippen LogP contribution is -2.30. The standard InChI is InChI=1S/C24H27NO3S/c1-18-8-10-22(29-18)16-25-12-13-27-23-11-9-20(14-19(23)15-25)24(2,26)17-28-21-6-4-3-5-7-21/h3-11,14,26H,12-13,15-17H2,1-2H3/t24-/m0/s1. The minimum Gasteiger partial charge on any atom is -0.492 e. The third kappa shape index (κ3) is 4.99. The minimum atomic E-state index is -1.09. The predicted molar refractivity (Wildman–Crippen MR) is 117 cm³/mol. The number of aliphatic hydroxyl groups is 1. The van der Waals surface area contributed by atoms with Crippen LogP contribution in [0, 0.1) is 6.92 Å². The van der Waals surface area contributed by atoms with Gasteiger partial charge in [0.1, 0.15) is 30.3 Å². The summed E-state index contributed by atoms with van der Waals surface area (Å²) in [4.78, 5) is 5.10. The second kappa shape index (κ2) is 8.57. The van der Waals surface area contributed by atoms with Gasteiger partial charge in [0.15, 0.2) is 0 Å². The number of thiophene rings is 1. The van der Waals surface area contributed by atoms with E-state index >= 15 is 0 Å². The molecule has 0 spiro atoms. The van der Waals surface area contributed by atoms with E-state index < -0.39 is 5.60 Å². The Labute approximate surface area is 176 Å². The molecule has 4 rings (SSSR count). The smallest absolute Gasteiger partial charge is 0.123 e. The van der Waals surface area contributed by atoms with Crippen molar-refractivity contribution in [1.29, 1.82) is 0 Å². The lowest BCUT2D eigenvalue weighted by atomic mass is 9.94. The van der Waals surface area contributed by atoms with Crippen molar-refractivity contribution in [2.45, 2.75) is 32.5 Å². The van der Waals surface area contributed by atoms with E-state index in [2.05, 4.69) is 30.0 Å². The van der Waals surface area contributed by atoms with Crippen molar-refractivity contribution in [1.82, 2.24) is 4.90 Å². The molecule has 4 nitrogen and oxygen atoms in total. The molecule has 0 aliphatic carbocycles. The highest BCUT2D eigenvalue weighted by molar-refractivity contribution is 7.11. The third-order valence-electron chi connectivity index (χ3n) is 5.18. The van der Waals surface area contributed by atoms with Crippen molar-refractivity contribution >= 4 is 11.3 Å². The highest BCUT2D eigenvalue weighted by Crippen LogP contribution is 2.31. The van der Waals surface area contributed by atoms with Gasteiger partial charge in [0, 0.05) is 35.0 Å². The Morgan fingerprint density at radius 2 is 1.97 bits per heavy atom. The molecule has 152 valence electrons. The molecule has 1 atom stereocenters. The van der Waals surface area contributed by atoms with E-state index in [1.54, 1.807) is 6.92 Å². The van der Waals surface area contributed by atoms with Crippen LogP contribution in [0.25, 0.3) is 0 Å². The maximum absolute atomic E-state index is 11.0. The fraction of sp³-hybridized carbons (Fsp3) is 0.333. The molecule has 1 aromatic heterocycles. The third-order valence-corrected chi connectivity index (χ3v) is 6.17. The lowest BCUT2D eigenvalue weighted by molar-refractivity contribution is 0.00748. The van der Waals surface area contributed by atoms with Crippen LogP contribution in [0.4, 0.5) is 0 Å². The average Bonchev–Trinajstić information content (AvgIpc) is 3.01. The van der Waals surface area contributed by atoms with Crippen molar-refractivity contribution in [3.05, 3.63) is 81.5 Å². The molecule has 0 amide bonds. The van der Waals surface area contributed by atoms with Crippen LogP contribution < -0.4 is 9.47 Å². The van der Waals surface area contributed by atoms with Crippen LogP contribution in [0.5, 0.6) is 11.5 Å². The first-order valence-corrected chi connectivity index (χ1v) is 10.8. The van der Waals surface area contributed by atoms with Gasteiger partial charge in [-0.3, -0.25) is 4.90 Å². The van der Waals surface area contributed by atoms with Crippen LogP contribution in [-0.4, -0.2) is 29.8 Å². The summed E-state index contributed by atoms with van der Waals surface area (Å²) >= 11 is 1.84. The highest BCUT2D eigenvalue weighted by Gasteiger charge is 2.26. The summed E-state index contributed by atoms with van der Waals surface area (Å²) in [5.74, 6) is 1.65. The summed E-state index contributed by atoms with van der Waals surface area (Å²) in [6.07, 6.45) is 0. The zero-order valence-electron chi connectivity index (χ0n) is 16.9. The van der Waals surface area contributed by atoms with E-state index in [0.717, 1.165) is 42.3 Å². The number of ether oxygens (including phenoxy) is 2. The van der Waals surface area contributed by atoms with Crippen molar-refractivity contribution in [3.63, 3.8) is 0 Å². The Bertz CT molecular complexity index is 952. The molecule has 0 bridgehead atoms. The van der Waals surface area contributed by atoms with Gasteiger partial charge in [0.2, 0.25) is 0 Å². The molecule has 0 radical (unpaired) electrons. The monoisotopic (exact) mass is 409 g/mol. The molecule has 2 heterocycles. The number of hydrogen-bond acceptors (Lipinski definition) is 5. The Kier molecular flexibility index (Phi) is 5.90. The summed E-state index contributed by atoms with van der Waals surface area (Å²) in [6.45, 7) is 7.39. The van der Waals surface area contributed by atoms with E-state index in [0.29, 0.717) is 6.61 Å². The largest absolute Gasteiger partial charge is 0.492 e. The molecule has 5 heteroatoms. The SMILES string of the molecule is Cc1ccc(CN2CCOc3ccc([C@@](C)(O)COc4ccccc4)cc3C2)s1. The summed E-state index contributed by atoms with van der Waals surface area (Å²) < 4.78 is 11.8. The van der Waals surface area contributed by atoms with Crippen LogP contribution >= 0.6 is 11.3 Å². The maximum Gasteiger partial charge on any atom is 0.123 e. The van der Waals surface area contributed by atoms with E-state index in [1.165, 1.54) is 9.75 Å². The first kappa shape index (κ1) is 20.0. The zero-order chi connectivity index (χ0) is 20.3. The Hall–Kier alpha value is -2.34. The summed E-state index contributed by atoms with van der Waals surface area (Å²) in [7, 11) is 0. The van der Waals surface area contributed by atoms with Gasteiger partial charge in [-0.1, -0.05) is 24.3 Å². The molecule has 2 aromatic carbocycles. The predicted octanol–water partition coefficient (Wildman–Crippen LogP) is 4.74. The number of hydrogen-bond donors (Lipinski definition) is 1. The van der Waals surface area contributed by atoms with Gasteiger partial charge in [0.05, 0.1) is 0 Å². The van der Waals surface area contributed by atoms with Gasteiger partial charge in [-0.2, -0.15) is 0 Å². The normalized spacial score (nSPS) is 16.4. The quantitative estimate of drug-likeness (QED) is 0.639. The molecule has 0 saturated heterocycles. The molecule has 3 aromatic rings. The van der Waals surface area contributed by atoms with Crippen LogP contribution in [0.3, 0.4) is 0 Å². The number of fused-ring (bicyclic) bond motifs is 1. The van der Waals surface area contributed by atoms with Gasteiger partial charge in [-0.15, -0.1) is 11.3 Å². The zero-order valence-corrected chi connectivity index (χ0v) is 17.7. The molecule has 1 aliphatic rings. The summed E-state index contributed by atoms with van der Waals surface area (Å²) in [5, 5.41) is 11.0. The number of benzene rings is 2. The van der Waals surface area contributed by atoms with Crippen LogP contribution in [-0.2, 0) is 18.7 Å². The van der Waals surface area contributed by atoms with E-state index in [-0.39, 0.29) is 6.61 Å². The number of rotatable bonds is 6. The summed E-state index contributed by atoms with van der Waals surface area (Å²) in [5.41, 5.74) is 0.852. The number of aryl methyl sites for hydroxylation is 1. The van der Waals surface area contributed by atoms with E-state index in [1.807, 2.05) is 53.8 Å². The fourth-order valence-corrected chi connectivity index (χ4v) is 4.47. The van der Waals surface area contributed by atoms with Crippen molar-refractivity contribution in [2.24, 2.45) is 0 Å². The second-order valence-corrected chi connectivity index (χ2v) is 9.14. The van der Waals surface area contributed by atoms with Crippen LogP contribution in [0.15, 0.2) is 60.7 Å². The molecule has 29 heavy (non-hydrogen) atoms. The summed E-state index contributed by atoms with van der Waals surface area (Å²) in [6, 6.07) is 19.9. The highest BCUT2D eigenvalue weighted by atomic mass is 32.1.